The molecule has 0 aromatic heterocycles. The van der Waals surface area contributed by atoms with Gasteiger partial charge in [-0.25, -0.2) is 0 Å². The summed E-state index contributed by atoms with van der Waals surface area (Å²) in [5.74, 6) is -0.383. The van der Waals surface area contributed by atoms with E-state index >= 15 is 0 Å². The van der Waals surface area contributed by atoms with Gasteiger partial charge in [0.05, 0.1) is 0 Å². The number of nitrogens with zero attached hydrogens (tertiary/aromatic N) is 1. The number of carbonyl (C=O) groups excluding carboxylic acids is 1. The highest BCUT2D eigenvalue weighted by Gasteiger charge is 2.12. The van der Waals surface area contributed by atoms with E-state index < -0.39 is 0 Å². The van der Waals surface area contributed by atoms with Crippen LogP contribution >= 0.6 is 0 Å². The van der Waals surface area contributed by atoms with Crippen LogP contribution in [0.1, 0.15) is 30.0 Å². The number of hydrogen-bond acceptors (Lipinski definition) is 3. The van der Waals surface area contributed by atoms with E-state index in [0.717, 1.165) is 35.3 Å². The largest absolute Gasteiger partial charge is 0.390 e. The van der Waals surface area contributed by atoms with Crippen LogP contribution in [0.5, 0.6) is 0 Å². The highest BCUT2D eigenvalue weighted by Crippen LogP contribution is 2.22. The SMILES string of the molecule is CCCN/C=C(/C#N)C(=O)Nc1c(C)cc(C)cc1C. The molecule has 1 aromatic rings. The van der Waals surface area contributed by atoms with E-state index in [1.54, 1.807) is 0 Å². The minimum absolute atomic E-state index is 0.0813. The molecule has 106 valence electrons. The predicted molar refractivity (Wildman–Crippen MR) is 81.3 cm³/mol. The first-order chi connectivity index (χ1) is 9.49. The van der Waals surface area contributed by atoms with Gasteiger partial charge in [0.25, 0.3) is 5.91 Å². The van der Waals surface area contributed by atoms with Crippen LogP contribution in [0.2, 0.25) is 0 Å². The molecular weight excluding hydrogens is 250 g/mol. The number of amides is 1. The molecule has 0 radical (unpaired) electrons. The number of carbonyl (C=O) groups is 1. The molecule has 0 spiro atoms. The monoisotopic (exact) mass is 271 g/mol. The summed E-state index contributed by atoms with van der Waals surface area (Å²) in [5, 5.41) is 14.8. The average molecular weight is 271 g/mol. The Morgan fingerprint density at radius 1 is 1.30 bits per heavy atom. The summed E-state index contributed by atoms with van der Waals surface area (Å²) in [6.45, 7) is 8.66. The lowest BCUT2D eigenvalue weighted by Gasteiger charge is -2.12. The van der Waals surface area contributed by atoms with Crippen molar-refractivity contribution in [1.29, 1.82) is 5.26 Å². The van der Waals surface area contributed by atoms with Gasteiger partial charge in [-0.2, -0.15) is 5.26 Å². The molecule has 0 bridgehead atoms. The van der Waals surface area contributed by atoms with E-state index in [1.165, 1.54) is 6.20 Å². The van der Waals surface area contributed by atoms with Crippen LogP contribution in [0, 0.1) is 32.1 Å². The molecule has 1 amide bonds. The molecule has 0 aliphatic rings. The van der Waals surface area contributed by atoms with Gasteiger partial charge in [-0.15, -0.1) is 0 Å². The van der Waals surface area contributed by atoms with Crippen LogP contribution in [0.3, 0.4) is 0 Å². The van der Waals surface area contributed by atoms with Gasteiger partial charge in [0.15, 0.2) is 0 Å². The molecule has 2 N–H and O–H groups in total. The normalized spacial score (nSPS) is 10.8. The molecule has 0 atom stereocenters. The quantitative estimate of drug-likeness (QED) is 0.491. The van der Waals surface area contributed by atoms with E-state index in [-0.39, 0.29) is 11.5 Å². The minimum atomic E-state index is -0.383. The Morgan fingerprint density at radius 3 is 2.40 bits per heavy atom. The second-order valence-electron chi connectivity index (χ2n) is 4.85. The Hall–Kier alpha value is -2.28. The van der Waals surface area contributed by atoms with Crippen molar-refractivity contribution in [1.82, 2.24) is 5.32 Å². The first-order valence-corrected chi connectivity index (χ1v) is 6.72. The number of aryl methyl sites for hydroxylation is 3. The fourth-order valence-corrected chi connectivity index (χ4v) is 2.03. The maximum absolute atomic E-state index is 12.1. The zero-order valence-corrected chi connectivity index (χ0v) is 12.5. The fourth-order valence-electron chi connectivity index (χ4n) is 2.03. The fraction of sp³-hybridized carbons (Fsp3) is 0.375. The van der Waals surface area contributed by atoms with Crippen LogP contribution in [0.4, 0.5) is 5.69 Å². The van der Waals surface area contributed by atoms with Crippen molar-refractivity contribution in [2.75, 3.05) is 11.9 Å². The third kappa shape index (κ3) is 4.13. The van der Waals surface area contributed by atoms with Crippen LogP contribution in [0.25, 0.3) is 0 Å². The third-order valence-corrected chi connectivity index (χ3v) is 2.92. The Kier molecular flexibility index (Phi) is 5.79. The maximum atomic E-state index is 12.1. The highest BCUT2D eigenvalue weighted by molar-refractivity contribution is 6.07. The Morgan fingerprint density at radius 2 is 1.90 bits per heavy atom. The van der Waals surface area contributed by atoms with Crippen LogP contribution in [-0.4, -0.2) is 12.5 Å². The molecule has 0 aliphatic carbocycles. The molecule has 1 rings (SSSR count). The summed E-state index contributed by atoms with van der Waals surface area (Å²) in [5.41, 5.74) is 4.00. The van der Waals surface area contributed by atoms with Gasteiger partial charge in [-0.05, 0) is 38.3 Å². The predicted octanol–water partition coefficient (Wildman–Crippen LogP) is 2.96. The van der Waals surface area contributed by atoms with Gasteiger partial charge >= 0.3 is 0 Å². The zero-order valence-electron chi connectivity index (χ0n) is 12.5. The molecule has 1 aromatic carbocycles. The minimum Gasteiger partial charge on any atom is -0.390 e. The van der Waals surface area contributed by atoms with Gasteiger partial charge < -0.3 is 10.6 Å². The Bertz CT molecular complexity index is 545. The number of nitrogens with one attached hydrogen (secondary N) is 2. The topological polar surface area (TPSA) is 64.9 Å². The molecular formula is C16H21N3O. The van der Waals surface area contributed by atoms with E-state index in [4.69, 9.17) is 5.26 Å². The molecule has 0 saturated carbocycles. The van der Waals surface area contributed by atoms with E-state index in [1.807, 2.05) is 45.9 Å². The molecule has 20 heavy (non-hydrogen) atoms. The van der Waals surface area contributed by atoms with Crippen LogP contribution < -0.4 is 10.6 Å². The average Bonchev–Trinajstić information content (AvgIpc) is 2.38. The number of hydrogen-bond donors (Lipinski definition) is 2. The van der Waals surface area contributed by atoms with Gasteiger partial charge in [-0.3, -0.25) is 4.79 Å². The molecule has 0 saturated heterocycles. The molecule has 4 nitrogen and oxygen atoms in total. The summed E-state index contributed by atoms with van der Waals surface area (Å²) in [7, 11) is 0. The molecule has 0 fully saturated rings. The van der Waals surface area contributed by atoms with E-state index in [0.29, 0.717) is 0 Å². The zero-order chi connectivity index (χ0) is 15.1. The molecule has 0 heterocycles. The second kappa shape index (κ2) is 7.34. The van der Waals surface area contributed by atoms with Crippen molar-refractivity contribution >= 4 is 11.6 Å². The van der Waals surface area contributed by atoms with Crippen molar-refractivity contribution in [3.8, 4) is 6.07 Å². The van der Waals surface area contributed by atoms with Gasteiger partial charge in [-0.1, -0.05) is 24.6 Å². The highest BCUT2D eigenvalue weighted by atomic mass is 16.1. The standard InChI is InChI=1S/C16H21N3O/c1-5-6-18-10-14(9-17)16(20)19-15-12(3)7-11(2)8-13(15)4/h7-8,10,18H,5-6H2,1-4H3,(H,19,20)/b14-10-. The van der Waals surface area contributed by atoms with Crippen molar-refractivity contribution in [3.05, 3.63) is 40.6 Å². The van der Waals surface area contributed by atoms with Gasteiger partial charge in [0.1, 0.15) is 11.6 Å². The smallest absolute Gasteiger partial charge is 0.267 e. The second-order valence-corrected chi connectivity index (χ2v) is 4.85. The lowest BCUT2D eigenvalue weighted by molar-refractivity contribution is -0.112. The van der Waals surface area contributed by atoms with E-state index in [9.17, 15) is 4.79 Å². The van der Waals surface area contributed by atoms with E-state index in [2.05, 4.69) is 10.6 Å². The van der Waals surface area contributed by atoms with Crippen molar-refractivity contribution in [3.63, 3.8) is 0 Å². The Labute approximate surface area is 120 Å². The third-order valence-electron chi connectivity index (χ3n) is 2.92. The Balaban J connectivity index is 2.90. The summed E-state index contributed by atoms with van der Waals surface area (Å²) >= 11 is 0. The number of rotatable bonds is 5. The van der Waals surface area contributed by atoms with Gasteiger partial charge in [0.2, 0.25) is 0 Å². The van der Waals surface area contributed by atoms with Crippen molar-refractivity contribution in [2.45, 2.75) is 34.1 Å². The molecule has 0 unspecified atom stereocenters. The lowest BCUT2D eigenvalue weighted by atomic mass is 10.0. The van der Waals surface area contributed by atoms with Crippen LogP contribution in [0.15, 0.2) is 23.9 Å². The van der Waals surface area contributed by atoms with Crippen LogP contribution in [-0.2, 0) is 4.79 Å². The first kappa shape index (κ1) is 15.8. The maximum Gasteiger partial charge on any atom is 0.267 e. The molecule has 0 aliphatic heterocycles. The summed E-state index contributed by atoms with van der Waals surface area (Å²) < 4.78 is 0. The first-order valence-electron chi connectivity index (χ1n) is 6.72. The van der Waals surface area contributed by atoms with Gasteiger partial charge in [0, 0.05) is 18.4 Å². The number of benzene rings is 1. The van der Waals surface area contributed by atoms with Crippen molar-refractivity contribution < 1.29 is 4.79 Å². The van der Waals surface area contributed by atoms with Crippen molar-refractivity contribution in [2.24, 2.45) is 0 Å². The summed E-state index contributed by atoms with van der Waals surface area (Å²) in [6.07, 6.45) is 2.41. The summed E-state index contributed by atoms with van der Waals surface area (Å²) in [6, 6.07) is 5.93. The lowest BCUT2D eigenvalue weighted by Crippen LogP contribution is -2.18. The summed E-state index contributed by atoms with van der Waals surface area (Å²) in [4.78, 5) is 12.1. The number of nitriles is 1. The molecule has 4 heteroatoms. The number of anilines is 1.